The van der Waals surface area contributed by atoms with Gasteiger partial charge in [-0.05, 0) is 44.4 Å². The summed E-state index contributed by atoms with van der Waals surface area (Å²) in [5, 5.41) is 2.83. The molecule has 2 aromatic carbocycles. The van der Waals surface area contributed by atoms with Gasteiger partial charge in [0.2, 0.25) is 0 Å². The molecule has 7 nitrogen and oxygen atoms in total. The van der Waals surface area contributed by atoms with Gasteiger partial charge in [-0.15, -0.1) is 0 Å². The van der Waals surface area contributed by atoms with Crippen LogP contribution in [0.3, 0.4) is 0 Å². The van der Waals surface area contributed by atoms with E-state index in [0.717, 1.165) is 49.1 Å². The fourth-order valence-corrected chi connectivity index (χ4v) is 6.98. The largest absolute Gasteiger partial charge is 0.365 e. The molecule has 5 rings (SSSR count). The van der Waals surface area contributed by atoms with Gasteiger partial charge in [0.25, 0.3) is 0 Å². The van der Waals surface area contributed by atoms with Crippen molar-refractivity contribution in [1.82, 2.24) is 14.9 Å². The van der Waals surface area contributed by atoms with E-state index in [0.29, 0.717) is 25.9 Å². The van der Waals surface area contributed by atoms with Crippen molar-refractivity contribution in [2.75, 3.05) is 29.9 Å². The Morgan fingerprint density at radius 1 is 0.973 bits per heavy atom. The van der Waals surface area contributed by atoms with Gasteiger partial charge in [0.15, 0.2) is 21.5 Å². The van der Waals surface area contributed by atoms with Crippen molar-refractivity contribution in [3.63, 3.8) is 0 Å². The van der Waals surface area contributed by atoms with Crippen molar-refractivity contribution in [2.24, 2.45) is 0 Å². The van der Waals surface area contributed by atoms with Gasteiger partial charge in [-0.25, -0.2) is 22.8 Å². The molecule has 1 saturated heterocycles. The lowest BCUT2D eigenvalue weighted by atomic mass is 10.1. The second kappa shape index (κ2) is 10.8. The van der Waals surface area contributed by atoms with Crippen LogP contribution in [0.4, 0.5) is 16.0 Å². The van der Waals surface area contributed by atoms with Gasteiger partial charge in [0.05, 0.1) is 16.6 Å². The first-order valence-electron chi connectivity index (χ1n) is 13.0. The molecular formula is C28H34FN5O2S. The summed E-state index contributed by atoms with van der Waals surface area (Å²) in [5.74, 6) is 0.838. The number of nitrogens with zero attached hydrogens (tertiary/aromatic N) is 4. The molecule has 0 atom stereocenters. The van der Waals surface area contributed by atoms with E-state index in [1.165, 1.54) is 23.8 Å². The molecule has 1 fully saturated rings. The highest BCUT2D eigenvalue weighted by molar-refractivity contribution is 7.92. The molecule has 2 aliphatic rings. The lowest BCUT2D eigenvalue weighted by molar-refractivity contribution is 0.239. The molecule has 196 valence electrons. The van der Waals surface area contributed by atoms with Gasteiger partial charge in [-0.1, -0.05) is 42.5 Å². The van der Waals surface area contributed by atoms with Crippen LogP contribution in [0.25, 0.3) is 0 Å². The summed E-state index contributed by atoms with van der Waals surface area (Å²) >= 11 is 0. The van der Waals surface area contributed by atoms with Crippen LogP contribution in [0.5, 0.6) is 0 Å². The normalized spacial score (nSPS) is 17.1. The van der Waals surface area contributed by atoms with Crippen molar-refractivity contribution in [3.05, 3.63) is 77.4 Å². The molecule has 0 saturated carbocycles. The lowest BCUT2D eigenvalue weighted by Crippen LogP contribution is -2.41. The highest BCUT2D eigenvalue weighted by Gasteiger charge is 2.34. The Bertz CT molecular complexity index is 1340. The smallest absolute Gasteiger partial charge is 0.184 e. The van der Waals surface area contributed by atoms with Crippen molar-refractivity contribution >= 4 is 21.5 Å². The summed E-state index contributed by atoms with van der Waals surface area (Å²) in [4.78, 5) is 14.4. The molecule has 3 heterocycles. The first-order chi connectivity index (χ1) is 17.8. The first kappa shape index (κ1) is 25.6. The summed E-state index contributed by atoms with van der Waals surface area (Å²) in [6.07, 6.45) is 1.67. The molecule has 3 aromatic rings. The predicted molar refractivity (Wildman–Crippen MR) is 144 cm³/mol. The number of fused-ring (bicyclic) bond motifs is 1. The monoisotopic (exact) mass is 523 g/mol. The van der Waals surface area contributed by atoms with E-state index in [4.69, 9.17) is 9.97 Å². The summed E-state index contributed by atoms with van der Waals surface area (Å²) in [6, 6.07) is 16.3. The third-order valence-corrected chi connectivity index (χ3v) is 9.36. The van der Waals surface area contributed by atoms with E-state index in [9.17, 15) is 12.8 Å². The number of piperidine rings is 1. The molecule has 0 bridgehead atoms. The highest BCUT2D eigenvalue weighted by atomic mass is 32.2. The van der Waals surface area contributed by atoms with Crippen LogP contribution in [0, 0.1) is 5.82 Å². The van der Waals surface area contributed by atoms with Gasteiger partial charge < -0.3 is 10.2 Å². The van der Waals surface area contributed by atoms with E-state index >= 15 is 0 Å². The number of sulfone groups is 1. The number of nitrogens with one attached hydrogen (secondary N) is 1. The Balaban J connectivity index is 1.35. The van der Waals surface area contributed by atoms with Gasteiger partial charge in [-0.2, -0.15) is 0 Å². The molecule has 9 heteroatoms. The van der Waals surface area contributed by atoms with Gasteiger partial charge in [0.1, 0.15) is 10.7 Å². The Morgan fingerprint density at radius 2 is 1.68 bits per heavy atom. The first-order valence-corrected chi connectivity index (χ1v) is 14.5. The van der Waals surface area contributed by atoms with E-state index in [1.807, 2.05) is 6.07 Å². The number of hydrogen-bond acceptors (Lipinski definition) is 7. The van der Waals surface area contributed by atoms with E-state index in [-0.39, 0.29) is 10.9 Å². The quantitative estimate of drug-likeness (QED) is 0.491. The fraction of sp³-hybridized carbons (Fsp3) is 0.429. The summed E-state index contributed by atoms with van der Waals surface area (Å²) in [6.45, 7) is 7.70. The average Bonchev–Trinajstić information content (AvgIpc) is 2.89. The Kier molecular flexibility index (Phi) is 7.44. The summed E-state index contributed by atoms with van der Waals surface area (Å²) in [7, 11) is -3.74. The minimum absolute atomic E-state index is 0.184. The zero-order chi connectivity index (χ0) is 26.0. The van der Waals surface area contributed by atoms with E-state index in [2.05, 4.69) is 53.2 Å². The van der Waals surface area contributed by atoms with Gasteiger partial charge in [-0.3, -0.25) is 4.90 Å². The molecule has 1 aromatic heterocycles. The number of halogens is 1. The van der Waals surface area contributed by atoms with Gasteiger partial charge in [0, 0.05) is 45.2 Å². The van der Waals surface area contributed by atoms with Crippen LogP contribution in [0.1, 0.15) is 43.6 Å². The maximum absolute atomic E-state index is 14.3. The van der Waals surface area contributed by atoms with Crippen LogP contribution in [-0.2, 0) is 29.3 Å². The second-order valence-corrected chi connectivity index (χ2v) is 12.4. The third-order valence-electron chi connectivity index (χ3n) is 7.07. The number of benzene rings is 2. The summed E-state index contributed by atoms with van der Waals surface area (Å²) < 4.78 is 40.5. The van der Waals surface area contributed by atoms with Crippen LogP contribution in [-0.4, -0.2) is 54.2 Å². The number of hydrogen-bond donors (Lipinski definition) is 1. The lowest BCUT2D eigenvalue weighted by Gasteiger charge is -2.35. The Hall–Kier alpha value is -3.04. The third kappa shape index (κ3) is 5.62. The van der Waals surface area contributed by atoms with Crippen LogP contribution >= 0.6 is 0 Å². The maximum atomic E-state index is 14.3. The van der Waals surface area contributed by atoms with Crippen molar-refractivity contribution in [2.45, 2.75) is 62.4 Å². The molecule has 0 unspecified atom stereocenters. The Morgan fingerprint density at radius 3 is 2.38 bits per heavy atom. The molecule has 0 amide bonds. The zero-order valence-corrected chi connectivity index (χ0v) is 22.2. The van der Waals surface area contributed by atoms with Gasteiger partial charge >= 0.3 is 0 Å². The van der Waals surface area contributed by atoms with Crippen molar-refractivity contribution < 1.29 is 12.8 Å². The molecule has 0 radical (unpaired) electrons. The molecule has 1 N–H and O–H groups in total. The molecule has 37 heavy (non-hydrogen) atoms. The van der Waals surface area contributed by atoms with E-state index < -0.39 is 20.9 Å². The molecule has 2 aliphatic heterocycles. The SMILES string of the molecule is CC(C)Nc1nc2c(nc1N1CCC(S(=O)(=O)c3ccccc3F)CC1)CN(Cc1ccccc1)CC2. The zero-order valence-electron chi connectivity index (χ0n) is 21.4. The van der Waals surface area contributed by atoms with Crippen molar-refractivity contribution in [3.8, 4) is 0 Å². The van der Waals surface area contributed by atoms with Crippen molar-refractivity contribution in [1.29, 1.82) is 0 Å². The summed E-state index contributed by atoms with van der Waals surface area (Å²) in [5.41, 5.74) is 3.27. The van der Waals surface area contributed by atoms with Crippen LogP contribution in [0.2, 0.25) is 0 Å². The molecule has 0 aliphatic carbocycles. The Labute approximate surface area is 218 Å². The minimum atomic E-state index is -3.74. The average molecular weight is 524 g/mol. The number of aromatic nitrogens is 2. The fourth-order valence-electron chi connectivity index (χ4n) is 5.18. The standard InChI is InChI=1S/C28H34FN5O2S/c1-20(2)30-27-28(32-25-19-33(15-14-24(25)31-27)18-21-8-4-3-5-9-21)34-16-12-22(13-17-34)37(35,36)26-11-7-6-10-23(26)29/h3-11,20,22H,12-19H2,1-2H3,(H,30,31). The second-order valence-electron chi connectivity index (χ2n) is 10.2. The highest BCUT2D eigenvalue weighted by Crippen LogP contribution is 2.32. The number of rotatable bonds is 7. The topological polar surface area (TPSA) is 78.4 Å². The predicted octanol–water partition coefficient (Wildman–Crippen LogP) is 4.44. The van der Waals surface area contributed by atoms with Crippen LogP contribution < -0.4 is 10.2 Å². The van der Waals surface area contributed by atoms with E-state index in [1.54, 1.807) is 6.07 Å². The van der Waals surface area contributed by atoms with Crippen LogP contribution in [0.15, 0.2) is 59.5 Å². The minimum Gasteiger partial charge on any atom is -0.365 e. The number of anilines is 2. The molecule has 0 spiro atoms. The maximum Gasteiger partial charge on any atom is 0.184 e. The molecular weight excluding hydrogens is 489 g/mol.